The van der Waals surface area contributed by atoms with Crippen molar-refractivity contribution in [2.45, 2.75) is 58.9 Å². The lowest BCUT2D eigenvalue weighted by Crippen LogP contribution is -2.44. The zero-order valence-corrected chi connectivity index (χ0v) is 27.4. The van der Waals surface area contributed by atoms with Crippen LogP contribution in [0.2, 0.25) is 23.2 Å². The average molecular weight is 625 g/mol. The monoisotopic (exact) mass is 624 g/mol. The molecular weight excluding hydrogens is 592 g/mol. The van der Waals surface area contributed by atoms with E-state index in [-0.39, 0.29) is 5.04 Å². The molecule has 0 bridgehead atoms. The zero-order valence-electron chi connectivity index (χ0n) is 24.8. The number of thiophene rings is 1. The number of imidazole rings is 1. The molecule has 0 amide bonds. The summed E-state index contributed by atoms with van der Waals surface area (Å²) in [6.45, 7) is 14.5. The molecule has 220 valence electrons. The van der Waals surface area contributed by atoms with Crippen molar-refractivity contribution in [3.05, 3.63) is 70.1 Å². The van der Waals surface area contributed by atoms with Crippen LogP contribution in [0.25, 0.3) is 27.5 Å². The van der Waals surface area contributed by atoms with E-state index in [0.29, 0.717) is 33.2 Å². The molecule has 3 aromatic heterocycles. The third-order valence-electron chi connectivity index (χ3n) is 7.52. The molecule has 0 unspecified atom stereocenters. The molecule has 0 saturated heterocycles. The molecule has 0 radical (unpaired) electrons. The summed E-state index contributed by atoms with van der Waals surface area (Å²) >= 11 is 8.12. The van der Waals surface area contributed by atoms with E-state index in [9.17, 15) is 4.79 Å². The molecule has 0 N–H and O–H groups in total. The smallest absolute Gasteiger partial charge is 0.351 e. The van der Waals surface area contributed by atoms with Crippen molar-refractivity contribution >= 4 is 48.3 Å². The van der Waals surface area contributed by atoms with Gasteiger partial charge in [-0.3, -0.25) is 4.57 Å². The number of esters is 1. The molecule has 0 spiro atoms. The van der Waals surface area contributed by atoms with Gasteiger partial charge in [0.2, 0.25) is 11.8 Å². The van der Waals surface area contributed by atoms with E-state index >= 15 is 0 Å². The van der Waals surface area contributed by atoms with Gasteiger partial charge in [0.15, 0.2) is 4.88 Å². The Kier molecular flexibility index (Phi) is 7.95. The van der Waals surface area contributed by atoms with Crippen molar-refractivity contribution in [2.24, 2.45) is 0 Å². The molecule has 5 rings (SSSR count). The molecule has 5 aromatic rings. The van der Waals surface area contributed by atoms with Gasteiger partial charge in [0.25, 0.3) is 8.32 Å². The normalized spacial score (nSPS) is 12.9. The minimum atomic E-state index is -2.11. The standard InChI is InChI=1S/C30H33ClN4O5SSi/c1-17(20-10-9-11-23(26(20)31)40-42(7,8)30(3,4)5)38-24-15-25(41-27(24)29(36)37-6)35-16-32-21-14-19(12-13-22(21)35)28-34-33-18(2)39-28/h9-17H,1-8H3/t17-/m1/s1. The minimum Gasteiger partial charge on any atom is -0.542 e. The van der Waals surface area contributed by atoms with Gasteiger partial charge in [-0.1, -0.05) is 44.5 Å². The molecule has 0 aliphatic heterocycles. The molecule has 0 fully saturated rings. The number of halogens is 1. The van der Waals surface area contributed by atoms with Crippen molar-refractivity contribution in [3.8, 4) is 28.0 Å². The highest BCUT2D eigenvalue weighted by Gasteiger charge is 2.39. The fourth-order valence-corrected chi connectivity index (χ4v) is 6.54. The van der Waals surface area contributed by atoms with E-state index in [2.05, 4.69) is 49.0 Å². The molecule has 1 atom stereocenters. The molecule has 3 heterocycles. The lowest BCUT2D eigenvalue weighted by atomic mass is 10.1. The topological polar surface area (TPSA) is 102 Å². The maximum absolute atomic E-state index is 12.8. The summed E-state index contributed by atoms with van der Waals surface area (Å²) < 4.78 is 25.4. The number of benzene rings is 2. The van der Waals surface area contributed by atoms with Gasteiger partial charge in [-0.15, -0.1) is 21.5 Å². The van der Waals surface area contributed by atoms with Crippen LogP contribution >= 0.6 is 22.9 Å². The van der Waals surface area contributed by atoms with Crippen LogP contribution in [0.15, 0.2) is 53.2 Å². The SMILES string of the molecule is COC(=O)c1sc(-n2cnc3cc(-c4nnc(C)o4)ccc32)cc1O[C@H](C)c1cccc(O[Si](C)(C)C(C)(C)C)c1Cl. The highest BCUT2D eigenvalue weighted by atomic mass is 35.5. The number of hydrogen-bond acceptors (Lipinski definition) is 9. The Hall–Kier alpha value is -3.67. The largest absolute Gasteiger partial charge is 0.542 e. The molecule has 9 nitrogen and oxygen atoms in total. The second kappa shape index (κ2) is 11.2. The van der Waals surface area contributed by atoms with Crippen LogP contribution in [0, 0.1) is 6.92 Å². The summed E-state index contributed by atoms with van der Waals surface area (Å²) in [5, 5.41) is 9.25. The predicted octanol–water partition coefficient (Wildman–Crippen LogP) is 8.41. The van der Waals surface area contributed by atoms with E-state index in [0.717, 1.165) is 27.2 Å². The number of fused-ring (bicyclic) bond motifs is 1. The first-order valence-corrected chi connectivity index (χ1v) is 17.5. The van der Waals surface area contributed by atoms with E-state index in [1.54, 1.807) is 13.3 Å². The van der Waals surface area contributed by atoms with Gasteiger partial charge >= 0.3 is 5.97 Å². The Morgan fingerprint density at radius 2 is 1.88 bits per heavy atom. The van der Waals surface area contributed by atoms with Crippen LogP contribution in [0.1, 0.15) is 54.9 Å². The van der Waals surface area contributed by atoms with Gasteiger partial charge in [0.05, 0.1) is 23.2 Å². The van der Waals surface area contributed by atoms with E-state index in [1.807, 2.05) is 54.0 Å². The molecule has 2 aromatic carbocycles. The fraction of sp³-hybridized carbons (Fsp3) is 0.333. The van der Waals surface area contributed by atoms with Gasteiger partial charge in [0, 0.05) is 24.1 Å². The number of ether oxygens (including phenoxy) is 2. The quantitative estimate of drug-likeness (QED) is 0.125. The van der Waals surface area contributed by atoms with Crippen LogP contribution < -0.4 is 9.16 Å². The number of carbonyl (C=O) groups excluding carboxylic acids is 1. The molecular formula is C30H33ClN4O5SSi. The van der Waals surface area contributed by atoms with Crippen LogP contribution in [0.3, 0.4) is 0 Å². The number of carbonyl (C=O) groups is 1. The summed E-state index contributed by atoms with van der Waals surface area (Å²) in [6, 6.07) is 13.2. The Bertz CT molecular complexity index is 1770. The van der Waals surface area contributed by atoms with Gasteiger partial charge in [0.1, 0.15) is 28.9 Å². The maximum atomic E-state index is 12.8. The summed E-state index contributed by atoms with van der Waals surface area (Å²) in [4.78, 5) is 17.7. The first-order chi connectivity index (χ1) is 19.8. The first kappa shape index (κ1) is 29.8. The Morgan fingerprint density at radius 3 is 2.55 bits per heavy atom. The maximum Gasteiger partial charge on any atom is 0.351 e. The summed E-state index contributed by atoms with van der Waals surface area (Å²) in [7, 11) is -0.767. The second-order valence-electron chi connectivity index (χ2n) is 11.5. The summed E-state index contributed by atoms with van der Waals surface area (Å²) in [5.74, 6) is 1.45. The molecule has 0 aliphatic rings. The number of aryl methyl sites for hydroxylation is 1. The Balaban J connectivity index is 1.46. The Morgan fingerprint density at radius 1 is 1.12 bits per heavy atom. The molecule has 42 heavy (non-hydrogen) atoms. The van der Waals surface area contributed by atoms with Crippen LogP contribution in [-0.2, 0) is 4.74 Å². The first-order valence-electron chi connectivity index (χ1n) is 13.4. The number of aromatic nitrogens is 4. The van der Waals surface area contributed by atoms with Crippen molar-refractivity contribution in [2.75, 3.05) is 7.11 Å². The lowest BCUT2D eigenvalue weighted by Gasteiger charge is -2.37. The summed E-state index contributed by atoms with van der Waals surface area (Å²) in [5.41, 5.74) is 3.10. The number of rotatable bonds is 8. The van der Waals surface area contributed by atoms with Crippen LogP contribution in [-0.4, -0.2) is 41.1 Å². The van der Waals surface area contributed by atoms with Crippen LogP contribution in [0.5, 0.6) is 11.5 Å². The van der Waals surface area contributed by atoms with Crippen molar-refractivity contribution in [1.82, 2.24) is 19.7 Å². The van der Waals surface area contributed by atoms with Crippen molar-refractivity contribution in [1.29, 1.82) is 0 Å². The third kappa shape index (κ3) is 5.68. The van der Waals surface area contributed by atoms with Crippen LogP contribution in [0.4, 0.5) is 0 Å². The van der Waals surface area contributed by atoms with Crippen molar-refractivity contribution in [3.63, 3.8) is 0 Å². The van der Waals surface area contributed by atoms with E-state index < -0.39 is 20.4 Å². The zero-order chi connectivity index (χ0) is 30.4. The average Bonchev–Trinajstić information content (AvgIpc) is 3.66. The fourth-order valence-electron chi connectivity index (χ4n) is 4.14. The third-order valence-corrected chi connectivity index (χ3v) is 13.4. The molecule has 0 saturated carbocycles. The Labute approximate surface area is 254 Å². The predicted molar refractivity (Wildman–Crippen MR) is 167 cm³/mol. The van der Waals surface area contributed by atoms with Gasteiger partial charge in [-0.25, -0.2) is 9.78 Å². The lowest BCUT2D eigenvalue weighted by molar-refractivity contribution is 0.0600. The highest BCUT2D eigenvalue weighted by molar-refractivity contribution is 7.16. The number of methoxy groups -OCH3 is 1. The van der Waals surface area contributed by atoms with E-state index in [4.69, 9.17) is 29.9 Å². The van der Waals surface area contributed by atoms with Gasteiger partial charge in [-0.05, 0) is 49.3 Å². The van der Waals surface area contributed by atoms with Crippen molar-refractivity contribution < 1.29 is 23.1 Å². The molecule has 12 heteroatoms. The number of hydrogen-bond donors (Lipinski definition) is 0. The number of nitrogens with zero attached hydrogens (tertiary/aromatic N) is 4. The highest BCUT2D eigenvalue weighted by Crippen LogP contribution is 2.42. The van der Waals surface area contributed by atoms with E-state index in [1.165, 1.54) is 18.4 Å². The van der Waals surface area contributed by atoms with Gasteiger partial charge in [-0.2, -0.15) is 0 Å². The second-order valence-corrected chi connectivity index (χ2v) is 17.6. The minimum absolute atomic E-state index is 0.0158. The summed E-state index contributed by atoms with van der Waals surface area (Å²) in [6.07, 6.45) is 1.22. The molecule has 0 aliphatic carbocycles. The van der Waals surface area contributed by atoms with Gasteiger partial charge < -0.3 is 18.3 Å².